The van der Waals surface area contributed by atoms with Gasteiger partial charge in [0, 0.05) is 13.1 Å². The fraction of sp³-hybridized carbons (Fsp3) is 0.136. The fourth-order valence-electron chi connectivity index (χ4n) is 3.74. The Balaban J connectivity index is 1.37. The molecule has 2 aromatic carbocycles. The van der Waals surface area contributed by atoms with Crippen LogP contribution in [0.1, 0.15) is 5.56 Å². The summed E-state index contributed by atoms with van der Waals surface area (Å²) in [5.74, 6) is 0.195. The van der Waals surface area contributed by atoms with E-state index in [0.717, 1.165) is 16.3 Å². The molecule has 5 rings (SSSR count). The Morgan fingerprint density at radius 2 is 1.94 bits per heavy atom. The highest BCUT2D eigenvalue weighted by atomic mass is 79.9. The second-order valence-electron chi connectivity index (χ2n) is 7.35. The summed E-state index contributed by atoms with van der Waals surface area (Å²) in [6.07, 6.45) is 2.99. The van der Waals surface area contributed by atoms with E-state index in [1.807, 2.05) is 24.3 Å². The van der Waals surface area contributed by atoms with Crippen LogP contribution in [-0.2, 0) is 24.9 Å². The predicted octanol–water partition coefficient (Wildman–Crippen LogP) is 2.93. The summed E-state index contributed by atoms with van der Waals surface area (Å²) in [5.41, 5.74) is 1.20. The number of carbonyl (C=O) groups excluding carboxylic acids is 1. The van der Waals surface area contributed by atoms with Crippen molar-refractivity contribution in [3.8, 4) is 0 Å². The van der Waals surface area contributed by atoms with Gasteiger partial charge >= 0.3 is 0 Å². The molecule has 0 atom stereocenters. The van der Waals surface area contributed by atoms with Gasteiger partial charge in [0.2, 0.25) is 5.91 Å². The monoisotopic (exact) mass is 491 g/mol. The van der Waals surface area contributed by atoms with Crippen LogP contribution >= 0.6 is 15.9 Å². The third-order valence-corrected chi connectivity index (χ3v) is 5.82. The average molecular weight is 492 g/mol. The molecule has 32 heavy (non-hydrogen) atoms. The van der Waals surface area contributed by atoms with Crippen LogP contribution in [0.25, 0.3) is 21.8 Å². The van der Waals surface area contributed by atoms with Gasteiger partial charge in [-0.05, 0) is 32.3 Å². The zero-order valence-electron chi connectivity index (χ0n) is 17.1. The Morgan fingerprint density at radius 3 is 2.81 bits per heavy atom. The van der Waals surface area contributed by atoms with Crippen molar-refractivity contribution in [2.75, 3.05) is 5.32 Å². The lowest BCUT2D eigenvalue weighted by atomic mass is 10.0. The molecule has 160 valence electrons. The number of carbonyl (C=O) groups is 1. The van der Waals surface area contributed by atoms with Gasteiger partial charge in [0.15, 0.2) is 5.65 Å². The number of rotatable bonds is 5. The second kappa shape index (κ2) is 8.04. The molecule has 1 N–H and O–H groups in total. The standard InChI is InChI=1S/C22H18BrN7O2/c1-28-21-19(20(23)27-28)22(32)29(13-24-21)12-18(31)26-17-9-10-25-30(17)11-15-7-4-6-14-5-2-3-8-16(14)15/h2-10,13H,11-12H2,1H3,(H,26,31). The normalized spacial score (nSPS) is 11.3. The van der Waals surface area contributed by atoms with Gasteiger partial charge < -0.3 is 5.32 Å². The number of fused-ring (bicyclic) bond motifs is 2. The first-order valence-corrected chi connectivity index (χ1v) is 10.7. The van der Waals surface area contributed by atoms with E-state index in [2.05, 4.69) is 54.6 Å². The van der Waals surface area contributed by atoms with E-state index >= 15 is 0 Å². The number of hydrogen-bond donors (Lipinski definition) is 1. The highest BCUT2D eigenvalue weighted by Crippen LogP contribution is 2.21. The average Bonchev–Trinajstić information content (AvgIpc) is 3.33. The molecular weight excluding hydrogens is 474 g/mol. The van der Waals surface area contributed by atoms with Crippen LogP contribution in [0.15, 0.2) is 70.5 Å². The second-order valence-corrected chi connectivity index (χ2v) is 8.10. The first kappa shape index (κ1) is 20.1. The number of aromatic nitrogens is 6. The van der Waals surface area contributed by atoms with Gasteiger partial charge in [-0.2, -0.15) is 10.2 Å². The molecule has 0 fully saturated rings. The van der Waals surface area contributed by atoms with E-state index in [9.17, 15) is 9.59 Å². The van der Waals surface area contributed by atoms with Gasteiger partial charge in [-0.3, -0.25) is 14.2 Å². The lowest BCUT2D eigenvalue weighted by Gasteiger charge is -2.11. The van der Waals surface area contributed by atoms with E-state index in [4.69, 9.17) is 0 Å². The summed E-state index contributed by atoms with van der Waals surface area (Å²) >= 11 is 3.28. The van der Waals surface area contributed by atoms with Crippen LogP contribution in [-0.4, -0.2) is 35.0 Å². The van der Waals surface area contributed by atoms with E-state index in [1.165, 1.54) is 15.6 Å². The number of nitrogens with zero attached hydrogens (tertiary/aromatic N) is 6. The van der Waals surface area contributed by atoms with Crippen molar-refractivity contribution < 1.29 is 4.79 Å². The van der Waals surface area contributed by atoms with Gasteiger partial charge in [0.1, 0.15) is 28.7 Å². The summed E-state index contributed by atoms with van der Waals surface area (Å²) in [6.45, 7) is 0.322. The molecule has 0 saturated heterocycles. The number of halogens is 1. The van der Waals surface area contributed by atoms with E-state index in [-0.39, 0.29) is 18.0 Å². The Labute approximate surface area is 190 Å². The molecule has 0 unspecified atom stereocenters. The van der Waals surface area contributed by atoms with Crippen LogP contribution < -0.4 is 10.9 Å². The summed E-state index contributed by atoms with van der Waals surface area (Å²) < 4.78 is 4.89. The van der Waals surface area contributed by atoms with Crippen molar-refractivity contribution >= 4 is 49.5 Å². The minimum absolute atomic E-state index is 0.178. The highest BCUT2D eigenvalue weighted by Gasteiger charge is 2.16. The molecule has 3 aromatic heterocycles. The third-order valence-electron chi connectivity index (χ3n) is 5.27. The number of anilines is 1. The number of amides is 1. The van der Waals surface area contributed by atoms with Crippen molar-refractivity contribution in [2.45, 2.75) is 13.1 Å². The van der Waals surface area contributed by atoms with Crippen LogP contribution in [0.4, 0.5) is 5.82 Å². The van der Waals surface area contributed by atoms with Crippen molar-refractivity contribution in [3.63, 3.8) is 0 Å². The lowest BCUT2D eigenvalue weighted by molar-refractivity contribution is -0.116. The van der Waals surface area contributed by atoms with E-state index in [0.29, 0.717) is 28.0 Å². The molecule has 0 aliphatic heterocycles. The van der Waals surface area contributed by atoms with Gasteiger partial charge in [-0.1, -0.05) is 42.5 Å². The smallest absolute Gasteiger partial charge is 0.266 e. The number of nitrogens with one attached hydrogen (secondary N) is 1. The SMILES string of the molecule is Cn1nc(Br)c2c(=O)n(CC(=O)Nc3ccnn3Cc3cccc4ccccc34)cnc21. The molecule has 0 radical (unpaired) electrons. The van der Waals surface area contributed by atoms with Crippen molar-refractivity contribution in [1.82, 2.24) is 29.1 Å². The van der Waals surface area contributed by atoms with Gasteiger partial charge in [-0.15, -0.1) is 0 Å². The van der Waals surface area contributed by atoms with Crippen molar-refractivity contribution in [1.29, 1.82) is 0 Å². The van der Waals surface area contributed by atoms with Crippen LogP contribution in [0.3, 0.4) is 0 Å². The lowest BCUT2D eigenvalue weighted by Crippen LogP contribution is -2.28. The largest absolute Gasteiger partial charge is 0.309 e. The molecule has 0 aliphatic rings. The number of aryl methyl sites for hydroxylation is 1. The molecule has 0 bridgehead atoms. The highest BCUT2D eigenvalue weighted by molar-refractivity contribution is 9.10. The summed E-state index contributed by atoms with van der Waals surface area (Å²) in [4.78, 5) is 29.7. The Kier molecular flexibility index (Phi) is 5.06. The minimum atomic E-state index is -0.354. The number of benzene rings is 2. The van der Waals surface area contributed by atoms with Gasteiger partial charge in [0.05, 0.1) is 12.7 Å². The molecule has 9 nitrogen and oxygen atoms in total. The zero-order valence-corrected chi connectivity index (χ0v) is 18.7. The molecule has 1 amide bonds. The molecule has 0 saturated carbocycles. The summed E-state index contributed by atoms with van der Waals surface area (Å²) in [7, 11) is 1.70. The topological polar surface area (TPSA) is 99.6 Å². The first-order chi connectivity index (χ1) is 15.5. The third kappa shape index (κ3) is 3.58. The summed E-state index contributed by atoms with van der Waals surface area (Å²) in [5, 5.41) is 14.0. The van der Waals surface area contributed by atoms with Crippen LogP contribution in [0.5, 0.6) is 0 Å². The minimum Gasteiger partial charge on any atom is -0.309 e. The number of hydrogen-bond acceptors (Lipinski definition) is 5. The quantitative estimate of drug-likeness (QED) is 0.407. The van der Waals surface area contributed by atoms with Gasteiger partial charge in [0.25, 0.3) is 5.56 Å². The molecular formula is C22H18BrN7O2. The van der Waals surface area contributed by atoms with Crippen LogP contribution in [0.2, 0.25) is 0 Å². The molecule has 10 heteroatoms. The molecule has 0 spiro atoms. The predicted molar refractivity (Wildman–Crippen MR) is 124 cm³/mol. The van der Waals surface area contributed by atoms with Gasteiger partial charge in [-0.25, -0.2) is 14.3 Å². The Bertz CT molecular complexity index is 1530. The Morgan fingerprint density at radius 1 is 1.12 bits per heavy atom. The molecule has 3 heterocycles. The van der Waals surface area contributed by atoms with Crippen LogP contribution in [0, 0.1) is 0 Å². The maximum Gasteiger partial charge on any atom is 0.266 e. The summed E-state index contributed by atoms with van der Waals surface area (Å²) in [6, 6.07) is 16.0. The zero-order chi connectivity index (χ0) is 22.2. The van der Waals surface area contributed by atoms with E-state index < -0.39 is 0 Å². The van der Waals surface area contributed by atoms with Crippen molar-refractivity contribution in [2.24, 2.45) is 7.05 Å². The first-order valence-electron chi connectivity index (χ1n) is 9.87. The van der Waals surface area contributed by atoms with Crippen molar-refractivity contribution in [3.05, 3.63) is 81.6 Å². The Hall–Kier alpha value is -3.79. The fourth-order valence-corrected chi connectivity index (χ4v) is 4.33. The molecule has 0 aliphatic carbocycles. The van der Waals surface area contributed by atoms with E-state index in [1.54, 1.807) is 24.0 Å². The maximum atomic E-state index is 12.8. The molecule has 5 aromatic rings. The maximum absolute atomic E-state index is 12.8.